The zero-order valence-electron chi connectivity index (χ0n) is 3.19. The maximum absolute atomic E-state index is 10.9. The predicted octanol–water partition coefficient (Wildman–Crippen LogP) is 0.129. The highest BCUT2D eigenvalue weighted by molar-refractivity contribution is 5.36. The molecule has 0 aliphatic carbocycles. The van der Waals surface area contributed by atoms with Crippen LogP contribution in [0.4, 0.5) is 4.39 Å². The van der Waals surface area contributed by atoms with E-state index >= 15 is 0 Å². The van der Waals surface area contributed by atoms with Crippen molar-refractivity contribution in [1.29, 1.82) is 0 Å². The van der Waals surface area contributed by atoms with E-state index in [0.717, 1.165) is 0 Å². The Labute approximate surface area is 34.9 Å². The summed E-state index contributed by atoms with van der Waals surface area (Å²) in [6.07, 6.45) is 0. The Morgan fingerprint density at radius 2 is 2.50 bits per heavy atom. The molecule has 0 N–H and O–H groups in total. The average Bonchev–Trinajstić information content (AvgIpc) is 1.61. The molecule has 0 fully saturated rings. The SMILES string of the molecule is O=COCCF. The van der Waals surface area contributed by atoms with Crippen LogP contribution in [0.2, 0.25) is 0 Å². The van der Waals surface area contributed by atoms with Crippen molar-refractivity contribution in [2.45, 2.75) is 0 Å². The van der Waals surface area contributed by atoms with E-state index in [1.807, 2.05) is 0 Å². The topological polar surface area (TPSA) is 26.3 Å². The molecule has 0 rings (SSSR count). The predicted molar refractivity (Wildman–Crippen MR) is 18.0 cm³/mol. The Bertz CT molecular complexity index is 37.8. The second kappa shape index (κ2) is 4.40. The molecule has 6 heavy (non-hydrogen) atoms. The first-order valence-electron chi connectivity index (χ1n) is 1.53. The van der Waals surface area contributed by atoms with Crippen molar-refractivity contribution < 1.29 is 13.9 Å². The smallest absolute Gasteiger partial charge is 0.293 e. The minimum atomic E-state index is -0.598. The van der Waals surface area contributed by atoms with Gasteiger partial charge in [0.25, 0.3) is 6.47 Å². The molecule has 0 spiro atoms. The standard InChI is InChI=1S/C3H5FO2/c4-1-2-6-3-5/h3H,1-2H2. The number of hydrogen-bond donors (Lipinski definition) is 0. The summed E-state index contributed by atoms with van der Waals surface area (Å²) in [6.45, 7) is -0.498. The monoisotopic (exact) mass is 92.0 g/mol. The summed E-state index contributed by atoms with van der Waals surface area (Å²) in [5.41, 5.74) is 0. The van der Waals surface area contributed by atoms with Gasteiger partial charge in [0.2, 0.25) is 0 Å². The van der Waals surface area contributed by atoms with E-state index < -0.39 is 6.67 Å². The highest BCUT2D eigenvalue weighted by Crippen LogP contribution is 1.65. The summed E-state index contributed by atoms with van der Waals surface area (Å²) in [6, 6.07) is 0. The quantitative estimate of drug-likeness (QED) is 0.365. The first-order chi connectivity index (χ1) is 2.91. The van der Waals surface area contributed by atoms with Gasteiger partial charge in [-0.3, -0.25) is 4.79 Å². The fourth-order valence-corrected chi connectivity index (χ4v) is 0.0927. The lowest BCUT2D eigenvalue weighted by molar-refractivity contribution is -0.129. The molecular weight excluding hydrogens is 87.0 g/mol. The second-order valence-corrected chi connectivity index (χ2v) is 0.656. The molecule has 0 amide bonds. The summed E-state index contributed by atoms with van der Waals surface area (Å²) in [5.74, 6) is 0. The molecule has 0 aromatic rings. The molecule has 0 saturated heterocycles. The van der Waals surface area contributed by atoms with Gasteiger partial charge < -0.3 is 4.74 Å². The van der Waals surface area contributed by atoms with Crippen LogP contribution in [0.15, 0.2) is 0 Å². The molecule has 0 radical (unpaired) electrons. The number of rotatable bonds is 3. The molecule has 0 unspecified atom stereocenters. The molecular formula is C3H5FO2. The van der Waals surface area contributed by atoms with Gasteiger partial charge >= 0.3 is 0 Å². The van der Waals surface area contributed by atoms with E-state index in [9.17, 15) is 9.18 Å². The Kier molecular flexibility index (Phi) is 3.96. The molecule has 0 heterocycles. The number of carbonyl (C=O) groups excluding carboxylic acids is 1. The van der Waals surface area contributed by atoms with Crippen LogP contribution < -0.4 is 0 Å². The van der Waals surface area contributed by atoms with Crippen LogP contribution in [-0.2, 0) is 9.53 Å². The first kappa shape index (κ1) is 5.40. The Morgan fingerprint density at radius 3 is 2.67 bits per heavy atom. The molecule has 0 aromatic heterocycles. The van der Waals surface area contributed by atoms with Crippen LogP contribution in [0.5, 0.6) is 0 Å². The lowest BCUT2D eigenvalue weighted by Gasteiger charge is -1.84. The second-order valence-electron chi connectivity index (χ2n) is 0.656. The van der Waals surface area contributed by atoms with Gasteiger partial charge in [-0.05, 0) is 0 Å². The third-order valence-corrected chi connectivity index (χ3v) is 0.263. The van der Waals surface area contributed by atoms with E-state index in [-0.39, 0.29) is 13.1 Å². The van der Waals surface area contributed by atoms with Crippen molar-refractivity contribution in [3.05, 3.63) is 0 Å². The maximum atomic E-state index is 10.9. The van der Waals surface area contributed by atoms with Gasteiger partial charge in [-0.15, -0.1) is 0 Å². The zero-order valence-corrected chi connectivity index (χ0v) is 3.19. The minimum absolute atomic E-state index is 0.122. The lowest BCUT2D eigenvalue weighted by Crippen LogP contribution is -1.90. The third kappa shape index (κ3) is 3.40. The molecule has 0 atom stereocenters. The van der Waals surface area contributed by atoms with Crippen LogP contribution in [0.1, 0.15) is 0 Å². The van der Waals surface area contributed by atoms with Gasteiger partial charge in [0.05, 0.1) is 0 Å². The van der Waals surface area contributed by atoms with Crippen LogP contribution in [0, 0.1) is 0 Å². The summed E-state index contributed by atoms with van der Waals surface area (Å²) >= 11 is 0. The van der Waals surface area contributed by atoms with Crippen molar-refractivity contribution in [1.82, 2.24) is 0 Å². The van der Waals surface area contributed by atoms with E-state index in [1.165, 1.54) is 0 Å². The van der Waals surface area contributed by atoms with E-state index in [1.54, 1.807) is 0 Å². The van der Waals surface area contributed by atoms with Gasteiger partial charge in [-0.1, -0.05) is 0 Å². The van der Waals surface area contributed by atoms with Gasteiger partial charge in [0.1, 0.15) is 13.3 Å². The molecule has 0 saturated carbocycles. The largest absolute Gasteiger partial charge is 0.465 e. The molecule has 0 aliphatic heterocycles. The Hall–Kier alpha value is -0.600. The zero-order chi connectivity index (χ0) is 4.83. The van der Waals surface area contributed by atoms with Crippen molar-refractivity contribution in [2.24, 2.45) is 0 Å². The molecule has 0 bridgehead atoms. The van der Waals surface area contributed by atoms with Crippen LogP contribution in [0.25, 0.3) is 0 Å². The van der Waals surface area contributed by atoms with E-state index in [0.29, 0.717) is 0 Å². The van der Waals surface area contributed by atoms with Gasteiger partial charge in [-0.2, -0.15) is 0 Å². The number of ether oxygens (including phenoxy) is 1. The van der Waals surface area contributed by atoms with Crippen molar-refractivity contribution in [3.63, 3.8) is 0 Å². The first-order valence-corrected chi connectivity index (χ1v) is 1.53. The van der Waals surface area contributed by atoms with Crippen LogP contribution in [-0.4, -0.2) is 19.8 Å². The molecule has 36 valence electrons. The summed E-state index contributed by atoms with van der Waals surface area (Å²) < 4.78 is 14.8. The minimum Gasteiger partial charge on any atom is -0.465 e. The highest BCUT2D eigenvalue weighted by Gasteiger charge is 1.74. The summed E-state index contributed by atoms with van der Waals surface area (Å²) in [5, 5.41) is 0. The van der Waals surface area contributed by atoms with Crippen molar-refractivity contribution in [2.75, 3.05) is 13.3 Å². The van der Waals surface area contributed by atoms with Crippen molar-refractivity contribution >= 4 is 6.47 Å². The Morgan fingerprint density at radius 1 is 1.83 bits per heavy atom. The maximum Gasteiger partial charge on any atom is 0.293 e. The third-order valence-electron chi connectivity index (χ3n) is 0.263. The Balaban J connectivity index is 2.49. The highest BCUT2D eigenvalue weighted by atomic mass is 19.1. The van der Waals surface area contributed by atoms with Gasteiger partial charge in [-0.25, -0.2) is 4.39 Å². The number of carbonyl (C=O) groups is 1. The van der Waals surface area contributed by atoms with Gasteiger partial charge in [0, 0.05) is 0 Å². The molecule has 0 aromatic carbocycles. The summed E-state index contributed by atoms with van der Waals surface area (Å²) in [7, 11) is 0. The number of alkyl halides is 1. The fourth-order valence-electron chi connectivity index (χ4n) is 0.0927. The van der Waals surface area contributed by atoms with Crippen LogP contribution in [0.3, 0.4) is 0 Å². The summed E-state index contributed by atoms with van der Waals surface area (Å²) in [4.78, 5) is 9.17. The van der Waals surface area contributed by atoms with E-state index in [4.69, 9.17) is 0 Å². The molecule has 2 nitrogen and oxygen atoms in total. The van der Waals surface area contributed by atoms with Crippen molar-refractivity contribution in [3.8, 4) is 0 Å². The molecule has 0 aliphatic rings. The average molecular weight is 92.1 g/mol. The molecule has 3 heteroatoms. The number of halogens is 1. The van der Waals surface area contributed by atoms with Gasteiger partial charge in [0.15, 0.2) is 0 Å². The number of hydrogen-bond acceptors (Lipinski definition) is 2. The van der Waals surface area contributed by atoms with Crippen LogP contribution >= 0.6 is 0 Å². The normalized spacial score (nSPS) is 7.50. The fraction of sp³-hybridized carbons (Fsp3) is 0.667. The lowest BCUT2D eigenvalue weighted by atomic mass is 10.8. The van der Waals surface area contributed by atoms with E-state index in [2.05, 4.69) is 4.74 Å².